The molecule has 0 bridgehead atoms. The molecular weight excluding hydrogens is 298 g/mol. The monoisotopic (exact) mass is 313 g/mol. The Balaban J connectivity index is 1.73. The van der Waals surface area contributed by atoms with Crippen LogP contribution in [-0.2, 0) is 13.6 Å². The lowest BCUT2D eigenvalue weighted by Gasteiger charge is -2.09. The fourth-order valence-electron chi connectivity index (χ4n) is 2.46. The molecule has 0 spiro atoms. The third-order valence-electron chi connectivity index (χ3n) is 3.63. The van der Waals surface area contributed by atoms with Crippen LogP contribution in [0, 0.1) is 10.1 Å². The van der Waals surface area contributed by atoms with E-state index in [0.29, 0.717) is 17.8 Å². The Hall–Kier alpha value is -3.09. The van der Waals surface area contributed by atoms with E-state index in [-0.39, 0.29) is 17.9 Å². The van der Waals surface area contributed by atoms with Crippen molar-refractivity contribution in [2.24, 2.45) is 7.05 Å². The van der Waals surface area contributed by atoms with E-state index in [2.05, 4.69) is 0 Å². The molecule has 7 nitrogen and oxygen atoms in total. The zero-order valence-corrected chi connectivity index (χ0v) is 12.5. The molecule has 0 saturated carbocycles. The van der Waals surface area contributed by atoms with Gasteiger partial charge < -0.3 is 13.9 Å². The first kappa shape index (κ1) is 14.8. The highest BCUT2D eigenvalue weighted by atomic mass is 16.6. The third kappa shape index (κ3) is 2.94. The lowest BCUT2D eigenvalue weighted by Crippen LogP contribution is -2.23. The van der Waals surface area contributed by atoms with E-state index in [0.717, 1.165) is 5.39 Å². The summed E-state index contributed by atoms with van der Waals surface area (Å²) >= 11 is 0. The number of aromatic nitrogens is 2. The molecule has 0 saturated heterocycles. The maximum absolute atomic E-state index is 12.4. The van der Waals surface area contributed by atoms with E-state index in [1.54, 1.807) is 27.5 Å². The van der Waals surface area contributed by atoms with Crippen molar-refractivity contribution in [1.82, 2.24) is 9.13 Å². The standard InChI is InChI=1S/C16H15N3O4/c1-17-7-5-12-6-8-18(16(20)15(12)17)9-10-23-14-4-2-3-13(11-14)19(21)22/h2-8,11H,9-10H2,1H3. The molecule has 0 radical (unpaired) electrons. The van der Waals surface area contributed by atoms with Gasteiger partial charge >= 0.3 is 0 Å². The number of nitro groups is 1. The lowest BCUT2D eigenvalue weighted by molar-refractivity contribution is -0.384. The number of fused-ring (bicyclic) bond motifs is 1. The van der Waals surface area contributed by atoms with Crippen LogP contribution in [0.2, 0.25) is 0 Å². The zero-order chi connectivity index (χ0) is 16.4. The molecule has 0 amide bonds. The highest BCUT2D eigenvalue weighted by Crippen LogP contribution is 2.19. The van der Waals surface area contributed by atoms with Crippen LogP contribution in [0.4, 0.5) is 5.69 Å². The Bertz CT molecular complexity index is 926. The predicted octanol–water partition coefficient (Wildman–Crippen LogP) is 2.33. The fourth-order valence-corrected chi connectivity index (χ4v) is 2.46. The van der Waals surface area contributed by atoms with Gasteiger partial charge in [0.25, 0.3) is 11.2 Å². The third-order valence-corrected chi connectivity index (χ3v) is 3.63. The molecular formula is C16H15N3O4. The summed E-state index contributed by atoms with van der Waals surface area (Å²) in [5, 5.41) is 11.6. The van der Waals surface area contributed by atoms with E-state index in [4.69, 9.17) is 4.74 Å². The number of hydrogen-bond donors (Lipinski definition) is 0. The van der Waals surface area contributed by atoms with E-state index >= 15 is 0 Å². The van der Waals surface area contributed by atoms with Crippen LogP contribution in [0.25, 0.3) is 10.9 Å². The van der Waals surface area contributed by atoms with Gasteiger partial charge in [0.2, 0.25) is 0 Å². The first-order valence-electron chi connectivity index (χ1n) is 7.08. The van der Waals surface area contributed by atoms with E-state index in [1.807, 2.05) is 25.4 Å². The van der Waals surface area contributed by atoms with Crippen LogP contribution in [0.5, 0.6) is 5.75 Å². The summed E-state index contributed by atoms with van der Waals surface area (Å²) < 4.78 is 8.86. The minimum atomic E-state index is -0.472. The van der Waals surface area contributed by atoms with Crippen molar-refractivity contribution < 1.29 is 9.66 Å². The van der Waals surface area contributed by atoms with Crippen LogP contribution in [0.3, 0.4) is 0 Å². The molecule has 0 unspecified atom stereocenters. The Kier molecular flexibility index (Phi) is 3.84. The second-order valence-corrected chi connectivity index (χ2v) is 5.15. The molecule has 0 N–H and O–H groups in total. The number of aryl methyl sites for hydroxylation is 1. The smallest absolute Gasteiger partial charge is 0.275 e. The molecule has 0 aliphatic rings. The van der Waals surface area contributed by atoms with Gasteiger partial charge in [-0.05, 0) is 18.2 Å². The van der Waals surface area contributed by atoms with Crippen molar-refractivity contribution in [3.05, 3.63) is 69.3 Å². The number of rotatable bonds is 5. The minimum absolute atomic E-state index is 0.0232. The first-order chi connectivity index (χ1) is 11.1. The van der Waals surface area contributed by atoms with Crippen molar-refractivity contribution in [1.29, 1.82) is 0 Å². The number of hydrogen-bond acceptors (Lipinski definition) is 4. The molecule has 0 aliphatic heterocycles. The van der Waals surface area contributed by atoms with Gasteiger partial charge in [0.05, 0.1) is 17.5 Å². The van der Waals surface area contributed by atoms with Crippen LogP contribution < -0.4 is 10.3 Å². The molecule has 23 heavy (non-hydrogen) atoms. The topological polar surface area (TPSA) is 79.3 Å². The van der Waals surface area contributed by atoms with Gasteiger partial charge in [0.15, 0.2) is 0 Å². The van der Waals surface area contributed by atoms with Crippen molar-refractivity contribution in [2.45, 2.75) is 6.54 Å². The Morgan fingerprint density at radius 3 is 2.78 bits per heavy atom. The molecule has 0 atom stereocenters. The largest absolute Gasteiger partial charge is 0.491 e. The normalized spacial score (nSPS) is 10.8. The maximum Gasteiger partial charge on any atom is 0.275 e. The number of pyridine rings is 1. The number of nitro benzene ring substituents is 1. The quantitative estimate of drug-likeness (QED) is 0.535. The SMILES string of the molecule is Cn1ccc2ccn(CCOc3cccc([N+](=O)[O-])c3)c(=O)c21. The molecule has 3 aromatic rings. The summed E-state index contributed by atoms with van der Waals surface area (Å²) in [6, 6.07) is 9.75. The van der Waals surface area contributed by atoms with Gasteiger partial charge in [-0.15, -0.1) is 0 Å². The summed E-state index contributed by atoms with van der Waals surface area (Å²) in [7, 11) is 1.83. The Morgan fingerprint density at radius 2 is 2.00 bits per heavy atom. The molecule has 7 heteroatoms. The van der Waals surface area contributed by atoms with E-state index in [1.165, 1.54) is 12.1 Å². The van der Waals surface area contributed by atoms with Crippen LogP contribution in [0.1, 0.15) is 0 Å². The maximum atomic E-state index is 12.4. The number of nitrogens with zero attached hydrogens (tertiary/aromatic N) is 3. The highest BCUT2D eigenvalue weighted by molar-refractivity contribution is 5.78. The predicted molar refractivity (Wildman–Crippen MR) is 85.8 cm³/mol. The number of benzene rings is 1. The lowest BCUT2D eigenvalue weighted by atomic mass is 10.3. The molecule has 1 aromatic carbocycles. The summed E-state index contributed by atoms with van der Waals surface area (Å²) in [6.07, 6.45) is 3.57. The second-order valence-electron chi connectivity index (χ2n) is 5.15. The average Bonchev–Trinajstić information content (AvgIpc) is 2.92. The van der Waals surface area contributed by atoms with Gasteiger partial charge in [-0.25, -0.2) is 0 Å². The molecule has 3 rings (SSSR count). The van der Waals surface area contributed by atoms with Crippen molar-refractivity contribution >= 4 is 16.6 Å². The van der Waals surface area contributed by atoms with Gasteiger partial charge in [-0.1, -0.05) is 6.07 Å². The van der Waals surface area contributed by atoms with Gasteiger partial charge in [0.1, 0.15) is 17.9 Å². The Morgan fingerprint density at radius 1 is 1.22 bits per heavy atom. The van der Waals surface area contributed by atoms with Crippen molar-refractivity contribution in [3.8, 4) is 5.75 Å². The van der Waals surface area contributed by atoms with Crippen LogP contribution in [-0.4, -0.2) is 20.7 Å². The summed E-state index contributed by atoms with van der Waals surface area (Å²) in [5.74, 6) is 0.409. The molecule has 0 aliphatic carbocycles. The Labute approximate surface area is 131 Å². The highest BCUT2D eigenvalue weighted by Gasteiger charge is 2.08. The molecule has 118 valence electrons. The minimum Gasteiger partial charge on any atom is -0.491 e. The van der Waals surface area contributed by atoms with Gasteiger partial charge in [-0.3, -0.25) is 14.9 Å². The summed E-state index contributed by atoms with van der Waals surface area (Å²) in [6.45, 7) is 0.611. The van der Waals surface area contributed by atoms with Gasteiger partial charge in [-0.2, -0.15) is 0 Å². The average molecular weight is 313 g/mol. The fraction of sp³-hybridized carbons (Fsp3) is 0.188. The molecule has 2 aromatic heterocycles. The summed E-state index contributed by atoms with van der Waals surface area (Å²) in [4.78, 5) is 22.6. The van der Waals surface area contributed by atoms with E-state index in [9.17, 15) is 14.9 Å². The number of ether oxygens (including phenoxy) is 1. The van der Waals surface area contributed by atoms with Crippen molar-refractivity contribution in [3.63, 3.8) is 0 Å². The molecule has 0 fully saturated rings. The van der Waals surface area contributed by atoms with Crippen LogP contribution in [0.15, 0.2) is 53.6 Å². The number of non-ortho nitro benzene ring substituents is 1. The van der Waals surface area contributed by atoms with E-state index < -0.39 is 4.92 Å². The first-order valence-corrected chi connectivity index (χ1v) is 7.08. The summed E-state index contributed by atoms with van der Waals surface area (Å²) in [5.41, 5.74) is 0.533. The molecule has 2 heterocycles. The van der Waals surface area contributed by atoms with Gasteiger partial charge in [0, 0.05) is 30.9 Å². The second kappa shape index (κ2) is 5.96. The van der Waals surface area contributed by atoms with Crippen LogP contribution >= 0.6 is 0 Å². The van der Waals surface area contributed by atoms with Crippen molar-refractivity contribution in [2.75, 3.05) is 6.61 Å². The zero-order valence-electron chi connectivity index (χ0n) is 12.5.